The summed E-state index contributed by atoms with van der Waals surface area (Å²) < 4.78 is 6.10. The van der Waals surface area contributed by atoms with Crippen molar-refractivity contribution in [3.63, 3.8) is 0 Å². The Morgan fingerprint density at radius 1 is 1.28 bits per heavy atom. The standard InChI is InChI=1S/C15H16ClNO/c1-15(2)12(16)9-13(15)18-11-7-3-5-10-6-4-8-17-14(10)11/h3-8,12-13H,9H2,1-2H3. The molecule has 1 fully saturated rings. The molecule has 2 nitrogen and oxygen atoms in total. The Morgan fingerprint density at radius 2 is 2.06 bits per heavy atom. The molecule has 0 saturated heterocycles. The summed E-state index contributed by atoms with van der Waals surface area (Å²) in [6.45, 7) is 4.30. The predicted octanol–water partition coefficient (Wildman–Crippen LogP) is 4.02. The maximum Gasteiger partial charge on any atom is 0.145 e. The van der Waals surface area contributed by atoms with E-state index in [1.165, 1.54) is 0 Å². The molecule has 0 amide bonds. The molecule has 2 unspecified atom stereocenters. The fraction of sp³-hybridized carbons (Fsp3) is 0.400. The van der Waals surface area contributed by atoms with Gasteiger partial charge in [0, 0.05) is 28.8 Å². The van der Waals surface area contributed by atoms with E-state index >= 15 is 0 Å². The number of rotatable bonds is 2. The van der Waals surface area contributed by atoms with Crippen molar-refractivity contribution >= 4 is 22.5 Å². The van der Waals surface area contributed by atoms with Crippen molar-refractivity contribution in [1.82, 2.24) is 4.98 Å². The zero-order chi connectivity index (χ0) is 12.8. The summed E-state index contributed by atoms with van der Waals surface area (Å²) in [4.78, 5) is 4.40. The highest BCUT2D eigenvalue weighted by atomic mass is 35.5. The highest BCUT2D eigenvalue weighted by Crippen LogP contribution is 2.46. The largest absolute Gasteiger partial charge is 0.487 e. The van der Waals surface area contributed by atoms with Gasteiger partial charge in [0.25, 0.3) is 0 Å². The number of hydrogen-bond donors (Lipinski definition) is 0. The number of alkyl halides is 1. The van der Waals surface area contributed by atoms with Crippen molar-refractivity contribution < 1.29 is 4.74 Å². The number of para-hydroxylation sites is 1. The van der Waals surface area contributed by atoms with E-state index < -0.39 is 0 Å². The fourth-order valence-corrected chi connectivity index (χ4v) is 2.66. The average Bonchev–Trinajstić information content (AvgIpc) is 2.39. The third kappa shape index (κ3) is 1.76. The van der Waals surface area contributed by atoms with Crippen LogP contribution in [0.4, 0.5) is 0 Å². The number of hydrogen-bond acceptors (Lipinski definition) is 2. The summed E-state index contributed by atoms with van der Waals surface area (Å²) in [5, 5.41) is 1.31. The second-order valence-electron chi connectivity index (χ2n) is 5.46. The Kier molecular flexibility index (Phi) is 2.70. The van der Waals surface area contributed by atoms with Gasteiger partial charge in [0.15, 0.2) is 0 Å². The van der Waals surface area contributed by atoms with Gasteiger partial charge in [0.05, 0.1) is 0 Å². The summed E-state index contributed by atoms with van der Waals surface area (Å²) in [5.74, 6) is 0.856. The predicted molar refractivity (Wildman–Crippen MR) is 74.2 cm³/mol. The molecule has 94 valence electrons. The molecular weight excluding hydrogens is 246 g/mol. The fourth-order valence-electron chi connectivity index (χ4n) is 2.36. The zero-order valence-electron chi connectivity index (χ0n) is 10.6. The van der Waals surface area contributed by atoms with Crippen LogP contribution in [-0.2, 0) is 0 Å². The van der Waals surface area contributed by atoms with Crippen molar-refractivity contribution in [1.29, 1.82) is 0 Å². The topological polar surface area (TPSA) is 22.1 Å². The van der Waals surface area contributed by atoms with E-state index in [0.29, 0.717) is 0 Å². The molecule has 18 heavy (non-hydrogen) atoms. The molecule has 0 radical (unpaired) electrons. The van der Waals surface area contributed by atoms with E-state index in [1.54, 1.807) is 6.20 Å². The summed E-state index contributed by atoms with van der Waals surface area (Å²) in [7, 11) is 0. The molecule has 3 rings (SSSR count). The third-order valence-corrected chi connectivity index (χ3v) is 4.66. The van der Waals surface area contributed by atoms with Crippen molar-refractivity contribution in [2.45, 2.75) is 31.7 Å². The minimum Gasteiger partial charge on any atom is -0.487 e. The first-order valence-corrected chi connectivity index (χ1v) is 6.67. The van der Waals surface area contributed by atoms with Crippen LogP contribution in [0.15, 0.2) is 36.5 Å². The van der Waals surface area contributed by atoms with Gasteiger partial charge in [0.2, 0.25) is 0 Å². The van der Waals surface area contributed by atoms with Gasteiger partial charge < -0.3 is 4.74 Å². The lowest BCUT2D eigenvalue weighted by molar-refractivity contribution is -0.0121. The maximum atomic E-state index is 6.22. The first-order chi connectivity index (χ1) is 8.59. The second kappa shape index (κ2) is 4.13. The summed E-state index contributed by atoms with van der Waals surface area (Å²) in [5.41, 5.74) is 0.951. The highest BCUT2D eigenvalue weighted by Gasteiger charge is 2.49. The number of pyridine rings is 1. The Labute approximate surface area is 112 Å². The van der Waals surface area contributed by atoms with E-state index in [2.05, 4.69) is 18.8 Å². The molecule has 1 aliphatic carbocycles. The van der Waals surface area contributed by atoms with Gasteiger partial charge in [-0.3, -0.25) is 4.98 Å². The molecule has 3 heteroatoms. The number of nitrogens with zero attached hydrogens (tertiary/aromatic N) is 1. The number of aromatic nitrogens is 1. The molecule has 1 aliphatic rings. The average molecular weight is 262 g/mol. The minimum atomic E-state index is 0.0263. The molecule has 1 heterocycles. The van der Waals surface area contributed by atoms with Crippen LogP contribution in [0.5, 0.6) is 5.75 Å². The monoisotopic (exact) mass is 261 g/mol. The molecule has 0 bridgehead atoms. The van der Waals surface area contributed by atoms with E-state index in [1.807, 2.05) is 30.3 Å². The van der Waals surface area contributed by atoms with Crippen molar-refractivity contribution in [3.8, 4) is 5.75 Å². The van der Waals surface area contributed by atoms with Gasteiger partial charge in [-0.15, -0.1) is 11.6 Å². The summed E-state index contributed by atoms with van der Waals surface area (Å²) in [6, 6.07) is 10.0. The van der Waals surface area contributed by atoms with E-state index in [-0.39, 0.29) is 16.9 Å². The highest BCUT2D eigenvalue weighted by molar-refractivity contribution is 6.21. The third-order valence-electron chi connectivity index (χ3n) is 3.92. The lowest BCUT2D eigenvalue weighted by atomic mass is 9.68. The van der Waals surface area contributed by atoms with Crippen LogP contribution in [0.1, 0.15) is 20.3 Å². The van der Waals surface area contributed by atoms with Gasteiger partial charge in [-0.05, 0) is 12.1 Å². The van der Waals surface area contributed by atoms with Crippen molar-refractivity contribution in [2.24, 2.45) is 5.41 Å². The minimum absolute atomic E-state index is 0.0263. The van der Waals surface area contributed by atoms with Crippen LogP contribution in [0, 0.1) is 5.41 Å². The van der Waals surface area contributed by atoms with E-state index in [9.17, 15) is 0 Å². The molecule has 0 N–H and O–H groups in total. The van der Waals surface area contributed by atoms with Crippen LogP contribution >= 0.6 is 11.6 Å². The van der Waals surface area contributed by atoms with Gasteiger partial charge in [-0.25, -0.2) is 0 Å². The molecule has 2 atom stereocenters. The van der Waals surface area contributed by atoms with E-state index in [4.69, 9.17) is 16.3 Å². The first-order valence-electron chi connectivity index (χ1n) is 6.23. The number of fused-ring (bicyclic) bond motifs is 1. The molecular formula is C15H16ClNO. The Hall–Kier alpha value is -1.28. The SMILES string of the molecule is CC1(C)C(Cl)CC1Oc1cccc2cccnc12. The summed E-state index contributed by atoms with van der Waals surface area (Å²) >= 11 is 6.22. The lowest BCUT2D eigenvalue weighted by Gasteiger charge is -2.48. The molecule has 2 aromatic rings. The van der Waals surface area contributed by atoms with Crippen LogP contribution in [-0.4, -0.2) is 16.5 Å². The lowest BCUT2D eigenvalue weighted by Crippen LogP contribution is -2.53. The van der Waals surface area contributed by atoms with Crippen LogP contribution in [0.3, 0.4) is 0 Å². The van der Waals surface area contributed by atoms with Gasteiger partial charge in [-0.2, -0.15) is 0 Å². The second-order valence-corrected chi connectivity index (χ2v) is 5.99. The first kappa shape index (κ1) is 11.8. The quantitative estimate of drug-likeness (QED) is 0.762. The Morgan fingerprint density at radius 3 is 2.78 bits per heavy atom. The van der Waals surface area contributed by atoms with Gasteiger partial charge in [-0.1, -0.05) is 32.0 Å². The van der Waals surface area contributed by atoms with E-state index in [0.717, 1.165) is 23.1 Å². The van der Waals surface area contributed by atoms with Crippen LogP contribution < -0.4 is 4.74 Å². The Balaban J connectivity index is 1.92. The van der Waals surface area contributed by atoms with Crippen molar-refractivity contribution in [3.05, 3.63) is 36.5 Å². The number of benzene rings is 1. The van der Waals surface area contributed by atoms with Gasteiger partial charge in [0.1, 0.15) is 17.4 Å². The summed E-state index contributed by atoms with van der Waals surface area (Å²) in [6.07, 6.45) is 2.87. The van der Waals surface area contributed by atoms with Gasteiger partial charge >= 0.3 is 0 Å². The molecule has 0 spiro atoms. The Bertz CT molecular complexity index is 576. The smallest absolute Gasteiger partial charge is 0.145 e. The molecule has 0 aliphatic heterocycles. The van der Waals surface area contributed by atoms with Crippen molar-refractivity contribution in [2.75, 3.05) is 0 Å². The van der Waals surface area contributed by atoms with Crippen LogP contribution in [0.2, 0.25) is 0 Å². The molecule has 1 aromatic heterocycles. The maximum absolute atomic E-state index is 6.22. The molecule has 1 saturated carbocycles. The normalized spacial score (nSPS) is 25.7. The number of halogens is 1. The zero-order valence-corrected chi connectivity index (χ0v) is 11.3. The molecule has 1 aromatic carbocycles. The van der Waals surface area contributed by atoms with Crippen LogP contribution in [0.25, 0.3) is 10.9 Å². The number of ether oxygens (including phenoxy) is 1.